The molecule has 3 heteroatoms. The molecule has 1 N–H and O–H groups in total. The predicted molar refractivity (Wildman–Crippen MR) is 56.8 cm³/mol. The summed E-state index contributed by atoms with van der Waals surface area (Å²) in [6.07, 6.45) is 2.82. The Hall–Kier alpha value is -1.51. The Kier molecular flexibility index (Phi) is 2.15. The summed E-state index contributed by atoms with van der Waals surface area (Å²) < 4.78 is 5.36. The van der Waals surface area contributed by atoms with Crippen LogP contribution in [0.4, 0.5) is 0 Å². The highest BCUT2D eigenvalue weighted by atomic mass is 16.5. The highest BCUT2D eigenvalue weighted by molar-refractivity contribution is 5.88. The Labute approximate surface area is 83.1 Å². The molecule has 0 fully saturated rings. The molecule has 0 bridgehead atoms. The van der Waals surface area contributed by atoms with Gasteiger partial charge in [-0.3, -0.25) is 5.10 Å². The Morgan fingerprint density at radius 3 is 2.93 bits per heavy atom. The van der Waals surface area contributed by atoms with Gasteiger partial charge in [0.2, 0.25) is 0 Å². The van der Waals surface area contributed by atoms with Crippen LogP contribution in [0.25, 0.3) is 10.9 Å². The molecule has 0 spiro atoms. The third kappa shape index (κ3) is 1.16. The number of ether oxygens (including phenoxy) is 1. The molecule has 0 saturated carbocycles. The molecular weight excluding hydrogens is 176 g/mol. The molecule has 74 valence electrons. The monoisotopic (exact) mass is 190 g/mol. The minimum Gasteiger partial charge on any atom is -0.496 e. The normalized spacial score (nSPS) is 10.8. The standard InChI is InChI=1S/C11H14N2O/c1-4-8-5-7(2)11(14-3)9-6-12-13-10(8)9/h5-6H,4H2,1-3H3,(H,12,13). The van der Waals surface area contributed by atoms with Crippen molar-refractivity contribution in [3.8, 4) is 5.75 Å². The summed E-state index contributed by atoms with van der Waals surface area (Å²) >= 11 is 0. The average Bonchev–Trinajstić information content (AvgIpc) is 2.65. The molecule has 3 nitrogen and oxygen atoms in total. The molecule has 2 aromatic rings. The van der Waals surface area contributed by atoms with Gasteiger partial charge in [0.15, 0.2) is 0 Å². The second-order valence-electron chi connectivity index (χ2n) is 3.40. The van der Waals surface area contributed by atoms with E-state index in [1.54, 1.807) is 7.11 Å². The van der Waals surface area contributed by atoms with E-state index in [1.165, 1.54) is 11.1 Å². The predicted octanol–water partition coefficient (Wildman–Crippen LogP) is 2.44. The van der Waals surface area contributed by atoms with E-state index < -0.39 is 0 Å². The molecule has 1 aromatic carbocycles. The average molecular weight is 190 g/mol. The first-order chi connectivity index (χ1) is 6.77. The summed E-state index contributed by atoms with van der Waals surface area (Å²) in [5.41, 5.74) is 3.55. The Morgan fingerprint density at radius 1 is 1.50 bits per heavy atom. The van der Waals surface area contributed by atoms with Gasteiger partial charge in [0.25, 0.3) is 0 Å². The van der Waals surface area contributed by atoms with Gasteiger partial charge in [-0.25, -0.2) is 0 Å². The van der Waals surface area contributed by atoms with E-state index in [-0.39, 0.29) is 0 Å². The van der Waals surface area contributed by atoms with E-state index in [1.807, 2.05) is 6.20 Å². The fourth-order valence-electron chi connectivity index (χ4n) is 1.86. The van der Waals surface area contributed by atoms with Crippen LogP contribution in [0.15, 0.2) is 12.3 Å². The SMILES string of the molecule is CCc1cc(C)c(OC)c2cn[nH]c12. The molecule has 0 aliphatic rings. The molecule has 0 aliphatic carbocycles. The van der Waals surface area contributed by atoms with E-state index in [0.717, 1.165) is 23.1 Å². The number of hydrogen-bond acceptors (Lipinski definition) is 2. The highest BCUT2D eigenvalue weighted by Crippen LogP contribution is 2.30. The number of methoxy groups -OCH3 is 1. The van der Waals surface area contributed by atoms with Gasteiger partial charge >= 0.3 is 0 Å². The number of rotatable bonds is 2. The molecule has 1 aromatic heterocycles. The van der Waals surface area contributed by atoms with E-state index in [2.05, 4.69) is 30.1 Å². The lowest BCUT2D eigenvalue weighted by Crippen LogP contribution is -1.91. The molecule has 0 atom stereocenters. The summed E-state index contributed by atoms with van der Waals surface area (Å²) in [5.74, 6) is 0.922. The maximum absolute atomic E-state index is 5.36. The third-order valence-electron chi connectivity index (χ3n) is 2.54. The molecule has 2 rings (SSSR count). The minimum atomic E-state index is 0.922. The first-order valence-corrected chi connectivity index (χ1v) is 4.77. The van der Waals surface area contributed by atoms with Crippen molar-refractivity contribution in [2.24, 2.45) is 0 Å². The molecule has 0 aliphatic heterocycles. The van der Waals surface area contributed by atoms with Gasteiger partial charge in [0, 0.05) is 0 Å². The van der Waals surface area contributed by atoms with Gasteiger partial charge < -0.3 is 4.74 Å². The second-order valence-corrected chi connectivity index (χ2v) is 3.40. The van der Waals surface area contributed by atoms with Gasteiger partial charge in [-0.05, 0) is 24.5 Å². The molecule has 1 heterocycles. The number of hydrogen-bond donors (Lipinski definition) is 1. The van der Waals surface area contributed by atoms with Crippen LogP contribution >= 0.6 is 0 Å². The van der Waals surface area contributed by atoms with Crippen molar-refractivity contribution in [3.63, 3.8) is 0 Å². The molecule has 14 heavy (non-hydrogen) atoms. The summed E-state index contributed by atoms with van der Waals surface area (Å²) in [6, 6.07) is 2.15. The van der Waals surface area contributed by atoms with Crippen molar-refractivity contribution in [2.75, 3.05) is 7.11 Å². The van der Waals surface area contributed by atoms with Crippen LogP contribution in [0, 0.1) is 6.92 Å². The quantitative estimate of drug-likeness (QED) is 0.789. The molecule has 0 amide bonds. The number of nitrogens with zero attached hydrogens (tertiary/aromatic N) is 1. The van der Waals surface area contributed by atoms with Crippen molar-refractivity contribution < 1.29 is 4.74 Å². The smallest absolute Gasteiger partial charge is 0.132 e. The van der Waals surface area contributed by atoms with Gasteiger partial charge in [-0.2, -0.15) is 5.10 Å². The lowest BCUT2D eigenvalue weighted by molar-refractivity contribution is 0.416. The van der Waals surface area contributed by atoms with Crippen LogP contribution in [0.3, 0.4) is 0 Å². The minimum absolute atomic E-state index is 0.922. The fraction of sp³-hybridized carbons (Fsp3) is 0.364. The number of nitrogens with one attached hydrogen (secondary N) is 1. The van der Waals surface area contributed by atoms with Crippen LogP contribution in [0.1, 0.15) is 18.1 Å². The maximum Gasteiger partial charge on any atom is 0.132 e. The molecule has 0 radical (unpaired) electrons. The zero-order valence-corrected chi connectivity index (χ0v) is 8.72. The first-order valence-electron chi connectivity index (χ1n) is 4.77. The van der Waals surface area contributed by atoms with Crippen molar-refractivity contribution >= 4 is 10.9 Å². The lowest BCUT2D eigenvalue weighted by atomic mass is 10.0. The van der Waals surface area contributed by atoms with E-state index in [0.29, 0.717) is 0 Å². The fourth-order valence-corrected chi connectivity index (χ4v) is 1.86. The van der Waals surface area contributed by atoms with E-state index >= 15 is 0 Å². The van der Waals surface area contributed by atoms with Crippen LogP contribution in [-0.2, 0) is 6.42 Å². The summed E-state index contributed by atoms with van der Waals surface area (Å²) in [7, 11) is 1.69. The summed E-state index contributed by atoms with van der Waals surface area (Å²) in [5, 5.41) is 8.14. The highest BCUT2D eigenvalue weighted by Gasteiger charge is 2.10. The molecular formula is C11H14N2O. The Morgan fingerprint density at radius 2 is 2.29 bits per heavy atom. The maximum atomic E-state index is 5.36. The second kappa shape index (κ2) is 3.33. The number of aromatic nitrogens is 2. The zero-order chi connectivity index (χ0) is 10.1. The molecule has 0 saturated heterocycles. The van der Waals surface area contributed by atoms with E-state index in [4.69, 9.17) is 4.74 Å². The summed E-state index contributed by atoms with van der Waals surface area (Å²) in [4.78, 5) is 0. The summed E-state index contributed by atoms with van der Waals surface area (Å²) in [6.45, 7) is 4.20. The van der Waals surface area contributed by atoms with Gasteiger partial charge in [-0.15, -0.1) is 0 Å². The lowest BCUT2D eigenvalue weighted by Gasteiger charge is -2.08. The van der Waals surface area contributed by atoms with Crippen LogP contribution in [-0.4, -0.2) is 17.3 Å². The van der Waals surface area contributed by atoms with Crippen LogP contribution in [0.5, 0.6) is 5.75 Å². The number of benzene rings is 1. The Balaban J connectivity index is 2.81. The first kappa shape index (κ1) is 9.06. The molecule has 0 unspecified atom stereocenters. The van der Waals surface area contributed by atoms with Crippen molar-refractivity contribution in [3.05, 3.63) is 23.4 Å². The van der Waals surface area contributed by atoms with Gasteiger partial charge in [0.1, 0.15) is 5.75 Å². The van der Waals surface area contributed by atoms with Gasteiger partial charge in [0.05, 0.1) is 24.2 Å². The topological polar surface area (TPSA) is 37.9 Å². The Bertz CT molecular complexity index is 460. The third-order valence-corrected chi connectivity index (χ3v) is 2.54. The van der Waals surface area contributed by atoms with Crippen molar-refractivity contribution in [1.29, 1.82) is 0 Å². The van der Waals surface area contributed by atoms with Crippen LogP contribution < -0.4 is 4.74 Å². The van der Waals surface area contributed by atoms with Crippen LogP contribution in [0.2, 0.25) is 0 Å². The number of aromatic amines is 1. The van der Waals surface area contributed by atoms with E-state index in [9.17, 15) is 0 Å². The number of fused-ring (bicyclic) bond motifs is 1. The largest absolute Gasteiger partial charge is 0.496 e. The van der Waals surface area contributed by atoms with Crippen molar-refractivity contribution in [1.82, 2.24) is 10.2 Å². The van der Waals surface area contributed by atoms with Gasteiger partial charge in [-0.1, -0.05) is 13.0 Å². The number of aryl methyl sites for hydroxylation is 2. The zero-order valence-electron chi connectivity index (χ0n) is 8.72. The number of H-pyrrole nitrogens is 1. The van der Waals surface area contributed by atoms with Crippen molar-refractivity contribution in [2.45, 2.75) is 20.3 Å².